The molecule has 5 nitrogen and oxygen atoms in total. The Balaban J connectivity index is 2.51. The van der Waals surface area contributed by atoms with Crippen LogP contribution < -0.4 is 11.1 Å². The summed E-state index contributed by atoms with van der Waals surface area (Å²) >= 11 is 1.43. The van der Waals surface area contributed by atoms with E-state index in [-0.39, 0.29) is 11.8 Å². The van der Waals surface area contributed by atoms with Crippen molar-refractivity contribution in [2.75, 3.05) is 5.32 Å². The van der Waals surface area contributed by atoms with Gasteiger partial charge in [0.2, 0.25) is 11.0 Å². The zero-order valence-electron chi connectivity index (χ0n) is 11.3. The zero-order valence-corrected chi connectivity index (χ0v) is 12.1. The summed E-state index contributed by atoms with van der Waals surface area (Å²) in [5.41, 5.74) is 5.85. The molecular weight excluding hydrogens is 248 g/mol. The standard InChI is InChI=1S/C12H22N4OS/c1-4-6-7-9-15-16-12(18-9)14-11(17)10(13)8(3)5-2/h8,10H,4-7,13H2,1-3H3,(H,14,16,17). The second-order valence-electron chi connectivity index (χ2n) is 4.51. The molecule has 0 radical (unpaired) electrons. The van der Waals surface area contributed by atoms with E-state index >= 15 is 0 Å². The summed E-state index contributed by atoms with van der Waals surface area (Å²) in [6.45, 7) is 6.12. The molecule has 6 heteroatoms. The van der Waals surface area contributed by atoms with Crippen LogP contribution in [0.1, 0.15) is 45.0 Å². The molecule has 1 rings (SSSR count). The Morgan fingerprint density at radius 2 is 2.17 bits per heavy atom. The van der Waals surface area contributed by atoms with Crippen LogP contribution in [0, 0.1) is 5.92 Å². The highest BCUT2D eigenvalue weighted by molar-refractivity contribution is 7.15. The average molecular weight is 270 g/mol. The number of hydrogen-bond acceptors (Lipinski definition) is 5. The molecule has 0 saturated carbocycles. The van der Waals surface area contributed by atoms with E-state index in [2.05, 4.69) is 22.4 Å². The van der Waals surface area contributed by atoms with Gasteiger partial charge in [-0.1, -0.05) is 44.9 Å². The topological polar surface area (TPSA) is 80.9 Å². The van der Waals surface area contributed by atoms with Gasteiger partial charge in [-0.05, 0) is 12.3 Å². The lowest BCUT2D eigenvalue weighted by molar-refractivity contribution is -0.118. The number of nitrogens with zero attached hydrogens (tertiary/aromatic N) is 2. The molecule has 0 fully saturated rings. The fourth-order valence-corrected chi connectivity index (χ4v) is 2.22. The van der Waals surface area contributed by atoms with Crippen LogP contribution in [0.15, 0.2) is 0 Å². The molecule has 2 atom stereocenters. The van der Waals surface area contributed by atoms with E-state index in [9.17, 15) is 4.79 Å². The van der Waals surface area contributed by atoms with Crippen LogP contribution in [0.3, 0.4) is 0 Å². The summed E-state index contributed by atoms with van der Waals surface area (Å²) in [5.74, 6) is -0.0139. The van der Waals surface area contributed by atoms with Gasteiger partial charge in [0.25, 0.3) is 0 Å². The fourth-order valence-electron chi connectivity index (χ4n) is 1.43. The number of amides is 1. The van der Waals surface area contributed by atoms with Crippen LogP contribution in [0.5, 0.6) is 0 Å². The van der Waals surface area contributed by atoms with Gasteiger partial charge in [0.1, 0.15) is 5.01 Å². The fraction of sp³-hybridized carbons (Fsp3) is 0.750. The van der Waals surface area contributed by atoms with Crippen molar-refractivity contribution in [2.24, 2.45) is 11.7 Å². The number of unbranched alkanes of at least 4 members (excludes halogenated alkanes) is 1. The highest BCUT2D eigenvalue weighted by Gasteiger charge is 2.20. The van der Waals surface area contributed by atoms with Crippen LogP contribution in [0.4, 0.5) is 5.13 Å². The van der Waals surface area contributed by atoms with Crippen molar-refractivity contribution in [1.29, 1.82) is 0 Å². The van der Waals surface area contributed by atoms with Crippen LogP contribution >= 0.6 is 11.3 Å². The molecule has 0 bridgehead atoms. The third-order valence-corrected chi connectivity index (χ3v) is 3.90. The van der Waals surface area contributed by atoms with Crippen molar-refractivity contribution in [1.82, 2.24) is 10.2 Å². The van der Waals surface area contributed by atoms with Crippen molar-refractivity contribution < 1.29 is 4.79 Å². The first kappa shape index (κ1) is 15.0. The lowest BCUT2D eigenvalue weighted by atomic mass is 10.00. The third-order valence-electron chi connectivity index (χ3n) is 3.00. The predicted octanol–water partition coefficient (Wildman–Crippen LogP) is 2.19. The van der Waals surface area contributed by atoms with Gasteiger partial charge in [0.15, 0.2) is 0 Å². The number of nitrogens with one attached hydrogen (secondary N) is 1. The molecule has 1 heterocycles. The summed E-state index contributed by atoms with van der Waals surface area (Å²) < 4.78 is 0. The van der Waals surface area contributed by atoms with Gasteiger partial charge < -0.3 is 5.73 Å². The van der Waals surface area contributed by atoms with Crippen LogP contribution in [-0.4, -0.2) is 22.1 Å². The quantitative estimate of drug-likeness (QED) is 0.796. The van der Waals surface area contributed by atoms with Gasteiger partial charge in [0.05, 0.1) is 6.04 Å². The molecule has 2 unspecified atom stereocenters. The van der Waals surface area contributed by atoms with Gasteiger partial charge in [-0.25, -0.2) is 0 Å². The molecule has 102 valence electrons. The summed E-state index contributed by atoms with van der Waals surface area (Å²) in [5, 5.41) is 12.2. The Hall–Kier alpha value is -1.01. The highest BCUT2D eigenvalue weighted by atomic mass is 32.1. The van der Waals surface area contributed by atoms with Crippen molar-refractivity contribution in [3.8, 4) is 0 Å². The number of carbonyl (C=O) groups is 1. The normalized spacial score (nSPS) is 14.2. The number of hydrogen-bond donors (Lipinski definition) is 2. The zero-order chi connectivity index (χ0) is 13.5. The van der Waals surface area contributed by atoms with Gasteiger partial charge in [0, 0.05) is 6.42 Å². The molecule has 3 N–H and O–H groups in total. The van der Waals surface area contributed by atoms with E-state index in [4.69, 9.17) is 5.73 Å². The number of rotatable bonds is 7. The molecule has 1 amide bonds. The minimum atomic E-state index is -0.488. The van der Waals surface area contributed by atoms with Crippen molar-refractivity contribution in [3.05, 3.63) is 5.01 Å². The maximum absolute atomic E-state index is 11.8. The molecule has 0 spiro atoms. The third kappa shape index (κ3) is 4.34. The molecule has 0 aliphatic carbocycles. The molecule has 0 aliphatic heterocycles. The van der Waals surface area contributed by atoms with E-state index in [1.165, 1.54) is 11.3 Å². The smallest absolute Gasteiger partial charge is 0.243 e. The second kappa shape index (κ2) is 7.43. The Bertz CT molecular complexity index is 380. The SMILES string of the molecule is CCCCc1nnc(NC(=O)C(N)C(C)CC)s1. The molecule has 1 aromatic heterocycles. The largest absolute Gasteiger partial charge is 0.320 e. The molecular formula is C12H22N4OS. The number of aryl methyl sites for hydroxylation is 1. The maximum atomic E-state index is 11.8. The Kier molecular flexibility index (Phi) is 6.21. The lowest BCUT2D eigenvalue weighted by Gasteiger charge is -2.16. The number of carbonyl (C=O) groups excluding carboxylic acids is 1. The molecule has 18 heavy (non-hydrogen) atoms. The minimum Gasteiger partial charge on any atom is -0.320 e. The Morgan fingerprint density at radius 3 is 2.78 bits per heavy atom. The second-order valence-corrected chi connectivity index (χ2v) is 5.57. The van der Waals surface area contributed by atoms with E-state index in [1.54, 1.807) is 0 Å². The predicted molar refractivity (Wildman–Crippen MR) is 74.6 cm³/mol. The van der Waals surface area contributed by atoms with Gasteiger partial charge in [-0.2, -0.15) is 0 Å². The van der Waals surface area contributed by atoms with E-state index in [0.29, 0.717) is 5.13 Å². The van der Waals surface area contributed by atoms with Crippen molar-refractivity contribution in [3.63, 3.8) is 0 Å². The Labute approximate surface area is 112 Å². The summed E-state index contributed by atoms with van der Waals surface area (Å²) in [6, 6.07) is -0.488. The van der Waals surface area contributed by atoms with Gasteiger partial charge in [-0.15, -0.1) is 10.2 Å². The highest BCUT2D eigenvalue weighted by Crippen LogP contribution is 2.18. The minimum absolute atomic E-state index is 0.164. The van der Waals surface area contributed by atoms with Crippen molar-refractivity contribution in [2.45, 2.75) is 52.5 Å². The first-order valence-corrected chi connectivity index (χ1v) is 7.28. The number of aromatic nitrogens is 2. The van der Waals surface area contributed by atoms with Crippen LogP contribution in [0.2, 0.25) is 0 Å². The van der Waals surface area contributed by atoms with Gasteiger partial charge >= 0.3 is 0 Å². The van der Waals surface area contributed by atoms with E-state index in [1.807, 2.05) is 13.8 Å². The summed E-state index contributed by atoms with van der Waals surface area (Å²) in [4.78, 5) is 11.8. The molecule has 0 saturated heterocycles. The maximum Gasteiger partial charge on any atom is 0.243 e. The lowest BCUT2D eigenvalue weighted by Crippen LogP contribution is -2.40. The van der Waals surface area contributed by atoms with E-state index < -0.39 is 6.04 Å². The van der Waals surface area contributed by atoms with Crippen LogP contribution in [-0.2, 0) is 11.2 Å². The van der Waals surface area contributed by atoms with E-state index in [0.717, 1.165) is 30.7 Å². The number of nitrogens with two attached hydrogens (primary N) is 1. The Morgan fingerprint density at radius 1 is 1.44 bits per heavy atom. The first-order chi connectivity index (χ1) is 8.58. The van der Waals surface area contributed by atoms with Crippen molar-refractivity contribution >= 4 is 22.4 Å². The number of anilines is 1. The molecule has 1 aromatic rings. The monoisotopic (exact) mass is 270 g/mol. The molecule has 0 aromatic carbocycles. The summed E-state index contributed by atoms with van der Waals surface area (Å²) in [7, 11) is 0. The van der Waals surface area contributed by atoms with Gasteiger partial charge in [-0.3, -0.25) is 10.1 Å². The average Bonchev–Trinajstić information content (AvgIpc) is 2.81. The van der Waals surface area contributed by atoms with Crippen LogP contribution in [0.25, 0.3) is 0 Å². The first-order valence-electron chi connectivity index (χ1n) is 6.47. The molecule has 0 aliphatic rings. The summed E-state index contributed by atoms with van der Waals surface area (Å²) in [6.07, 6.45) is 4.02.